The zero-order valence-electron chi connectivity index (χ0n) is 18.5. The van der Waals surface area contributed by atoms with Crippen molar-refractivity contribution < 1.29 is 4.79 Å². The smallest absolute Gasteiger partial charge is 0.224 e. The molecule has 1 aliphatic heterocycles. The van der Waals surface area contributed by atoms with Crippen molar-refractivity contribution in [2.24, 2.45) is 5.92 Å². The minimum atomic E-state index is 0.147. The summed E-state index contributed by atoms with van der Waals surface area (Å²) in [6.07, 6.45) is 7.59. The maximum Gasteiger partial charge on any atom is 0.224 e. The van der Waals surface area contributed by atoms with E-state index in [1.54, 1.807) is 4.80 Å². The van der Waals surface area contributed by atoms with Gasteiger partial charge < -0.3 is 5.32 Å². The second kappa shape index (κ2) is 11.8. The first-order chi connectivity index (χ1) is 14.7. The van der Waals surface area contributed by atoms with Crippen LogP contribution in [0, 0.1) is 5.92 Å². The maximum absolute atomic E-state index is 12.4. The molecule has 2 heterocycles. The van der Waals surface area contributed by atoms with Crippen molar-refractivity contribution in [3.8, 4) is 11.4 Å². The van der Waals surface area contributed by atoms with E-state index in [-0.39, 0.29) is 11.8 Å². The Balaban J connectivity index is 1.35. The minimum absolute atomic E-state index is 0.147. The molecule has 0 spiro atoms. The van der Waals surface area contributed by atoms with Crippen LogP contribution >= 0.6 is 0 Å². The van der Waals surface area contributed by atoms with Gasteiger partial charge in [-0.2, -0.15) is 4.80 Å². The Hall–Kier alpha value is -2.28. The van der Waals surface area contributed by atoms with Crippen LogP contribution in [0.3, 0.4) is 0 Å². The molecule has 1 aromatic heterocycles. The number of rotatable bonds is 11. The van der Waals surface area contributed by atoms with Crippen LogP contribution in [0.1, 0.15) is 58.8 Å². The van der Waals surface area contributed by atoms with Crippen LogP contribution in [-0.2, 0) is 11.3 Å². The Kier molecular flexibility index (Phi) is 8.81. The Morgan fingerprint density at radius 3 is 2.70 bits per heavy atom. The van der Waals surface area contributed by atoms with E-state index < -0.39 is 0 Å². The molecule has 0 radical (unpaired) electrons. The fourth-order valence-corrected chi connectivity index (χ4v) is 4.02. The number of carbonyl (C=O) groups excluding carboxylic acids is 1. The molecule has 7 heteroatoms. The van der Waals surface area contributed by atoms with Crippen molar-refractivity contribution in [1.82, 2.24) is 30.4 Å². The SMILES string of the molecule is CCCCNC(=O)C1CCC(C)N(CCCCCn2nnc(-c3ccccc3)n2)C1. The lowest BCUT2D eigenvalue weighted by Crippen LogP contribution is -2.47. The number of unbranched alkanes of at least 4 members (excludes halogenated alkanes) is 3. The van der Waals surface area contributed by atoms with Crippen LogP contribution in [0.4, 0.5) is 0 Å². The van der Waals surface area contributed by atoms with Gasteiger partial charge in [-0.3, -0.25) is 9.69 Å². The molecule has 7 nitrogen and oxygen atoms in total. The van der Waals surface area contributed by atoms with Gasteiger partial charge in [0, 0.05) is 24.7 Å². The molecule has 2 unspecified atom stereocenters. The molecule has 0 bridgehead atoms. The van der Waals surface area contributed by atoms with Crippen LogP contribution in [0.5, 0.6) is 0 Å². The van der Waals surface area contributed by atoms with Crippen molar-refractivity contribution in [2.45, 2.75) is 71.4 Å². The fourth-order valence-electron chi connectivity index (χ4n) is 4.02. The summed E-state index contributed by atoms with van der Waals surface area (Å²) in [5.41, 5.74) is 0.996. The number of nitrogens with zero attached hydrogens (tertiary/aromatic N) is 5. The van der Waals surface area contributed by atoms with E-state index in [2.05, 4.69) is 39.5 Å². The summed E-state index contributed by atoms with van der Waals surface area (Å²) in [6, 6.07) is 10.5. The highest BCUT2D eigenvalue weighted by Gasteiger charge is 2.29. The predicted octanol–water partition coefficient (Wildman–Crippen LogP) is 3.53. The normalized spacial score (nSPS) is 19.7. The minimum Gasteiger partial charge on any atom is -0.356 e. The average molecular weight is 413 g/mol. The topological polar surface area (TPSA) is 75.9 Å². The summed E-state index contributed by atoms with van der Waals surface area (Å²) >= 11 is 0. The zero-order chi connectivity index (χ0) is 21.2. The number of aromatic nitrogens is 4. The highest BCUT2D eigenvalue weighted by atomic mass is 16.1. The van der Waals surface area contributed by atoms with Crippen molar-refractivity contribution in [1.29, 1.82) is 0 Å². The lowest BCUT2D eigenvalue weighted by Gasteiger charge is -2.37. The zero-order valence-corrected chi connectivity index (χ0v) is 18.5. The molecular formula is C23H36N6O. The van der Waals surface area contributed by atoms with Crippen molar-refractivity contribution >= 4 is 5.91 Å². The Labute approximate surface area is 180 Å². The summed E-state index contributed by atoms with van der Waals surface area (Å²) in [6.45, 7) is 7.98. The van der Waals surface area contributed by atoms with E-state index in [0.717, 1.165) is 76.7 Å². The maximum atomic E-state index is 12.4. The van der Waals surface area contributed by atoms with Crippen LogP contribution in [0.15, 0.2) is 30.3 Å². The first-order valence-electron chi connectivity index (χ1n) is 11.5. The predicted molar refractivity (Wildman–Crippen MR) is 119 cm³/mol. The van der Waals surface area contributed by atoms with Gasteiger partial charge >= 0.3 is 0 Å². The first kappa shape index (κ1) is 22.4. The number of hydrogen-bond donors (Lipinski definition) is 1. The molecule has 1 N–H and O–H groups in total. The number of hydrogen-bond acceptors (Lipinski definition) is 5. The second-order valence-corrected chi connectivity index (χ2v) is 8.40. The van der Waals surface area contributed by atoms with Gasteiger partial charge in [-0.15, -0.1) is 10.2 Å². The summed E-state index contributed by atoms with van der Waals surface area (Å²) in [7, 11) is 0. The summed E-state index contributed by atoms with van der Waals surface area (Å²) in [4.78, 5) is 16.6. The van der Waals surface area contributed by atoms with Crippen molar-refractivity contribution in [3.05, 3.63) is 30.3 Å². The third kappa shape index (κ3) is 6.62. The van der Waals surface area contributed by atoms with Crippen LogP contribution in [0.25, 0.3) is 11.4 Å². The lowest BCUT2D eigenvalue weighted by molar-refractivity contribution is -0.127. The number of carbonyl (C=O) groups is 1. The lowest BCUT2D eigenvalue weighted by atomic mass is 9.92. The van der Waals surface area contributed by atoms with E-state index >= 15 is 0 Å². The number of aryl methyl sites for hydroxylation is 1. The Bertz CT molecular complexity index is 762. The summed E-state index contributed by atoms with van der Waals surface area (Å²) < 4.78 is 0. The van der Waals surface area contributed by atoms with Crippen molar-refractivity contribution in [2.75, 3.05) is 19.6 Å². The number of benzene rings is 1. The second-order valence-electron chi connectivity index (χ2n) is 8.40. The van der Waals surface area contributed by atoms with Crippen LogP contribution < -0.4 is 5.32 Å². The molecule has 1 amide bonds. The van der Waals surface area contributed by atoms with Crippen LogP contribution in [0.2, 0.25) is 0 Å². The summed E-state index contributed by atoms with van der Waals surface area (Å²) in [5, 5.41) is 15.9. The monoisotopic (exact) mass is 412 g/mol. The van der Waals surface area contributed by atoms with E-state index in [9.17, 15) is 4.79 Å². The molecule has 1 saturated heterocycles. The molecular weight excluding hydrogens is 376 g/mol. The Morgan fingerprint density at radius 1 is 1.10 bits per heavy atom. The van der Waals surface area contributed by atoms with Gasteiger partial charge in [0.2, 0.25) is 11.7 Å². The average Bonchev–Trinajstić information content (AvgIpc) is 3.24. The van der Waals surface area contributed by atoms with Gasteiger partial charge in [-0.25, -0.2) is 0 Å². The largest absolute Gasteiger partial charge is 0.356 e. The number of nitrogens with one attached hydrogen (secondary N) is 1. The summed E-state index contributed by atoms with van der Waals surface area (Å²) in [5.74, 6) is 1.07. The van der Waals surface area contributed by atoms with E-state index in [1.165, 1.54) is 0 Å². The highest BCUT2D eigenvalue weighted by Crippen LogP contribution is 2.22. The van der Waals surface area contributed by atoms with Gasteiger partial charge in [-0.05, 0) is 50.8 Å². The molecule has 2 atom stereocenters. The van der Waals surface area contributed by atoms with Crippen LogP contribution in [-0.4, -0.2) is 56.7 Å². The third-order valence-corrected chi connectivity index (χ3v) is 6.00. The van der Waals surface area contributed by atoms with E-state index in [0.29, 0.717) is 11.9 Å². The first-order valence-corrected chi connectivity index (χ1v) is 11.5. The van der Waals surface area contributed by atoms with E-state index in [4.69, 9.17) is 0 Å². The van der Waals surface area contributed by atoms with Gasteiger partial charge in [-0.1, -0.05) is 50.1 Å². The molecule has 164 valence electrons. The van der Waals surface area contributed by atoms with Gasteiger partial charge in [0.25, 0.3) is 0 Å². The molecule has 1 aliphatic rings. The molecule has 0 aliphatic carbocycles. The third-order valence-electron chi connectivity index (χ3n) is 6.00. The molecule has 1 aromatic carbocycles. The number of likely N-dealkylation sites (tertiary alicyclic amines) is 1. The Morgan fingerprint density at radius 2 is 1.90 bits per heavy atom. The van der Waals surface area contributed by atoms with Gasteiger partial charge in [0.05, 0.1) is 12.5 Å². The standard InChI is InChI=1S/C23H36N6O/c1-3-4-15-24-23(30)21-14-13-19(2)28(18-21)16-9-6-10-17-29-26-22(25-27-29)20-11-7-5-8-12-20/h5,7-8,11-12,19,21H,3-4,6,9-10,13-18H2,1-2H3,(H,24,30). The number of amides is 1. The number of piperidine rings is 1. The molecule has 2 aromatic rings. The quantitative estimate of drug-likeness (QED) is 0.572. The number of tetrazole rings is 1. The van der Waals surface area contributed by atoms with Crippen molar-refractivity contribution in [3.63, 3.8) is 0 Å². The van der Waals surface area contributed by atoms with E-state index in [1.807, 2.05) is 30.3 Å². The molecule has 0 saturated carbocycles. The fraction of sp³-hybridized carbons (Fsp3) is 0.652. The molecule has 1 fully saturated rings. The molecule has 3 rings (SSSR count). The highest BCUT2D eigenvalue weighted by molar-refractivity contribution is 5.78. The van der Waals surface area contributed by atoms with Gasteiger partial charge in [0.15, 0.2) is 0 Å². The van der Waals surface area contributed by atoms with Gasteiger partial charge in [0.1, 0.15) is 0 Å². The molecule has 30 heavy (non-hydrogen) atoms.